The summed E-state index contributed by atoms with van der Waals surface area (Å²) in [4.78, 5) is 0. The number of aliphatic hydroxyl groups is 1. The number of aliphatic hydroxyl groups excluding tert-OH is 1. The van der Waals surface area contributed by atoms with E-state index in [-0.39, 0.29) is 12.0 Å². The Hall–Kier alpha value is -0.570. The predicted molar refractivity (Wildman–Crippen MR) is 62.2 cm³/mol. The topological polar surface area (TPSA) is 29.5 Å². The highest BCUT2D eigenvalue weighted by molar-refractivity contribution is 6.30. The lowest BCUT2D eigenvalue weighted by Gasteiger charge is -2.17. The second kappa shape index (κ2) is 6.11. The maximum Gasteiger partial charge on any atom is 0.0628 e. The third-order valence-electron chi connectivity index (χ3n) is 2.44. The van der Waals surface area contributed by atoms with Crippen LogP contribution in [0.15, 0.2) is 24.3 Å². The van der Waals surface area contributed by atoms with Crippen LogP contribution in [0.5, 0.6) is 0 Å². The van der Waals surface area contributed by atoms with Gasteiger partial charge in [-0.1, -0.05) is 30.7 Å². The Bertz CT molecular complexity index is 284. The molecule has 0 saturated carbocycles. The third-order valence-corrected chi connectivity index (χ3v) is 2.70. The first-order valence-electron chi connectivity index (χ1n) is 5.05. The molecule has 0 heterocycles. The van der Waals surface area contributed by atoms with Crippen molar-refractivity contribution in [2.45, 2.75) is 19.4 Å². The van der Waals surface area contributed by atoms with Crippen LogP contribution < -0.4 is 0 Å². The zero-order chi connectivity index (χ0) is 11.3. The summed E-state index contributed by atoms with van der Waals surface area (Å²) in [5, 5.41) is 10.6. The van der Waals surface area contributed by atoms with Crippen LogP contribution in [0.2, 0.25) is 5.02 Å². The lowest BCUT2D eigenvalue weighted by Crippen LogP contribution is -2.24. The molecule has 15 heavy (non-hydrogen) atoms. The minimum Gasteiger partial charge on any atom is -0.392 e. The molecule has 1 aromatic rings. The number of benzene rings is 1. The van der Waals surface area contributed by atoms with Crippen molar-refractivity contribution in [3.63, 3.8) is 0 Å². The Labute approximate surface area is 95.8 Å². The van der Waals surface area contributed by atoms with Crippen LogP contribution in [0.4, 0.5) is 0 Å². The summed E-state index contributed by atoms with van der Waals surface area (Å²) >= 11 is 5.78. The van der Waals surface area contributed by atoms with Crippen LogP contribution in [0, 0.1) is 5.92 Å². The number of rotatable bonds is 5. The highest BCUT2D eigenvalue weighted by atomic mass is 35.5. The summed E-state index contributed by atoms with van der Waals surface area (Å²) in [6.07, 6.45) is 0.271. The van der Waals surface area contributed by atoms with Crippen molar-refractivity contribution in [2.75, 3.05) is 13.7 Å². The summed E-state index contributed by atoms with van der Waals surface area (Å²) in [6.45, 7) is 2.55. The smallest absolute Gasteiger partial charge is 0.0628 e. The Morgan fingerprint density at radius 3 is 2.47 bits per heavy atom. The highest BCUT2D eigenvalue weighted by Crippen LogP contribution is 2.14. The van der Waals surface area contributed by atoms with E-state index in [1.807, 2.05) is 31.2 Å². The summed E-state index contributed by atoms with van der Waals surface area (Å²) in [6, 6.07) is 7.55. The quantitative estimate of drug-likeness (QED) is 0.839. The second-order valence-corrected chi connectivity index (χ2v) is 4.27. The summed E-state index contributed by atoms with van der Waals surface area (Å²) in [5.74, 6) is 0.144. The number of ether oxygens (including phenoxy) is 1. The lowest BCUT2D eigenvalue weighted by atomic mass is 9.98. The SMILES string of the molecule is COCC(C)C(O)Cc1ccc(Cl)cc1. The molecule has 2 unspecified atom stereocenters. The van der Waals surface area contributed by atoms with Gasteiger partial charge in [-0.15, -0.1) is 0 Å². The monoisotopic (exact) mass is 228 g/mol. The van der Waals surface area contributed by atoms with Crippen LogP contribution in [0.1, 0.15) is 12.5 Å². The van der Waals surface area contributed by atoms with Crippen molar-refractivity contribution in [3.05, 3.63) is 34.9 Å². The Morgan fingerprint density at radius 1 is 1.33 bits per heavy atom. The summed E-state index contributed by atoms with van der Waals surface area (Å²) in [7, 11) is 1.64. The molecule has 0 aromatic heterocycles. The minimum absolute atomic E-state index is 0.144. The van der Waals surface area contributed by atoms with Crippen molar-refractivity contribution in [1.82, 2.24) is 0 Å². The van der Waals surface area contributed by atoms with Crippen LogP contribution in [0.25, 0.3) is 0 Å². The van der Waals surface area contributed by atoms with Crippen molar-refractivity contribution in [2.24, 2.45) is 5.92 Å². The van der Waals surface area contributed by atoms with E-state index in [2.05, 4.69) is 0 Å². The largest absolute Gasteiger partial charge is 0.392 e. The van der Waals surface area contributed by atoms with Crippen molar-refractivity contribution in [3.8, 4) is 0 Å². The van der Waals surface area contributed by atoms with E-state index in [9.17, 15) is 5.11 Å². The van der Waals surface area contributed by atoms with Gasteiger partial charge in [0.25, 0.3) is 0 Å². The molecule has 0 spiro atoms. The van der Waals surface area contributed by atoms with Gasteiger partial charge in [0.05, 0.1) is 12.7 Å². The molecule has 2 atom stereocenters. The van der Waals surface area contributed by atoms with E-state index < -0.39 is 0 Å². The van der Waals surface area contributed by atoms with Gasteiger partial charge in [0, 0.05) is 18.1 Å². The Morgan fingerprint density at radius 2 is 1.93 bits per heavy atom. The third kappa shape index (κ3) is 4.20. The molecule has 0 aliphatic carbocycles. The van der Waals surface area contributed by atoms with Crippen LogP contribution in [-0.4, -0.2) is 24.9 Å². The minimum atomic E-state index is -0.369. The Balaban J connectivity index is 2.50. The average molecular weight is 229 g/mol. The Kier molecular flexibility index (Phi) is 5.09. The van der Waals surface area contributed by atoms with Crippen LogP contribution in [-0.2, 0) is 11.2 Å². The lowest BCUT2D eigenvalue weighted by molar-refractivity contribution is 0.0575. The number of halogens is 1. The van der Waals surface area contributed by atoms with Gasteiger partial charge in [0.2, 0.25) is 0 Å². The standard InChI is InChI=1S/C12H17ClO2/c1-9(8-15-2)12(14)7-10-3-5-11(13)6-4-10/h3-6,9,12,14H,7-8H2,1-2H3. The zero-order valence-corrected chi connectivity index (χ0v) is 9.87. The molecule has 0 radical (unpaired) electrons. The first kappa shape index (κ1) is 12.5. The van der Waals surface area contributed by atoms with E-state index in [0.717, 1.165) is 10.6 Å². The van der Waals surface area contributed by atoms with Gasteiger partial charge in [-0.3, -0.25) is 0 Å². The molecule has 1 rings (SSSR count). The maximum atomic E-state index is 9.86. The molecule has 2 nitrogen and oxygen atoms in total. The van der Waals surface area contributed by atoms with Crippen molar-refractivity contribution < 1.29 is 9.84 Å². The van der Waals surface area contributed by atoms with E-state index in [1.54, 1.807) is 7.11 Å². The van der Waals surface area contributed by atoms with Crippen LogP contribution in [0.3, 0.4) is 0 Å². The van der Waals surface area contributed by atoms with Gasteiger partial charge in [-0.2, -0.15) is 0 Å². The number of methoxy groups -OCH3 is 1. The van der Waals surface area contributed by atoms with E-state index in [1.165, 1.54) is 0 Å². The van der Waals surface area contributed by atoms with Crippen molar-refractivity contribution in [1.29, 1.82) is 0 Å². The van der Waals surface area contributed by atoms with E-state index in [4.69, 9.17) is 16.3 Å². The summed E-state index contributed by atoms with van der Waals surface area (Å²) < 4.78 is 5.00. The zero-order valence-electron chi connectivity index (χ0n) is 9.11. The molecule has 1 aromatic carbocycles. The molecule has 0 amide bonds. The molecule has 1 N–H and O–H groups in total. The highest BCUT2D eigenvalue weighted by Gasteiger charge is 2.14. The molecule has 0 saturated heterocycles. The number of hydrogen-bond acceptors (Lipinski definition) is 2. The molecule has 0 aliphatic heterocycles. The van der Waals surface area contributed by atoms with Gasteiger partial charge in [0.15, 0.2) is 0 Å². The van der Waals surface area contributed by atoms with Gasteiger partial charge < -0.3 is 9.84 Å². The molecular formula is C12H17ClO2. The fourth-order valence-corrected chi connectivity index (χ4v) is 1.56. The molecule has 0 fully saturated rings. The second-order valence-electron chi connectivity index (χ2n) is 3.83. The van der Waals surface area contributed by atoms with E-state index in [0.29, 0.717) is 13.0 Å². The predicted octanol–water partition coefficient (Wildman–Crippen LogP) is 2.53. The first-order chi connectivity index (χ1) is 7.13. The first-order valence-corrected chi connectivity index (χ1v) is 5.42. The van der Waals surface area contributed by atoms with Gasteiger partial charge in [-0.25, -0.2) is 0 Å². The summed E-state index contributed by atoms with van der Waals surface area (Å²) in [5.41, 5.74) is 1.09. The van der Waals surface area contributed by atoms with Gasteiger partial charge in [-0.05, 0) is 24.1 Å². The molecule has 84 valence electrons. The fraction of sp³-hybridized carbons (Fsp3) is 0.500. The normalized spacial score (nSPS) is 14.9. The van der Waals surface area contributed by atoms with Gasteiger partial charge >= 0.3 is 0 Å². The molecule has 0 aliphatic rings. The van der Waals surface area contributed by atoms with Gasteiger partial charge in [0.1, 0.15) is 0 Å². The van der Waals surface area contributed by atoms with E-state index >= 15 is 0 Å². The average Bonchev–Trinajstić information content (AvgIpc) is 2.22. The molecule has 3 heteroatoms. The van der Waals surface area contributed by atoms with Crippen molar-refractivity contribution >= 4 is 11.6 Å². The molecular weight excluding hydrogens is 212 g/mol. The number of hydrogen-bond donors (Lipinski definition) is 1. The molecule has 0 bridgehead atoms. The maximum absolute atomic E-state index is 9.86. The fourth-order valence-electron chi connectivity index (χ4n) is 1.44. The van der Waals surface area contributed by atoms with Crippen LogP contribution >= 0.6 is 11.6 Å².